The lowest BCUT2D eigenvalue weighted by Gasteiger charge is -2.43. The number of ether oxygens (including phenoxy) is 1. The van der Waals surface area contributed by atoms with Crippen LogP contribution in [0.2, 0.25) is 0 Å². The molecule has 1 saturated heterocycles. The fraction of sp³-hybridized carbons (Fsp3) is 0.550. The van der Waals surface area contributed by atoms with Crippen LogP contribution in [0.5, 0.6) is 0 Å². The van der Waals surface area contributed by atoms with Crippen molar-refractivity contribution in [3.05, 3.63) is 29.8 Å². The van der Waals surface area contributed by atoms with E-state index in [9.17, 15) is 14.4 Å². The van der Waals surface area contributed by atoms with Crippen LogP contribution in [-0.2, 0) is 4.74 Å². The summed E-state index contributed by atoms with van der Waals surface area (Å²) in [7, 11) is 0. The van der Waals surface area contributed by atoms with Gasteiger partial charge in [0, 0.05) is 17.8 Å². The minimum absolute atomic E-state index is 0.196. The highest BCUT2D eigenvalue weighted by Gasteiger charge is 2.38. The highest BCUT2D eigenvalue weighted by molar-refractivity contribution is 5.95. The number of urea groups is 1. The fourth-order valence-electron chi connectivity index (χ4n) is 3.32. The lowest BCUT2D eigenvalue weighted by atomic mass is 9.87. The maximum atomic E-state index is 12.7. The highest BCUT2D eigenvalue weighted by atomic mass is 16.6. The van der Waals surface area contributed by atoms with Crippen LogP contribution in [0.15, 0.2) is 24.3 Å². The van der Waals surface area contributed by atoms with Gasteiger partial charge < -0.3 is 26.0 Å². The molecule has 154 valence electrons. The molecule has 2 rings (SSSR count). The average Bonchev–Trinajstić information content (AvgIpc) is 2.56. The molecule has 0 bridgehead atoms. The third kappa shape index (κ3) is 5.61. The Labute approximate surface area is 165 Å². The lowest BCUT2D eigenvalue weighted by Crippen LogP contribution is -2.59. The lowest BCUT2D eigenvalue weighted by molar-refractivity contribution is 0.000870. The molecule has 8 nitrogen and oxygen atoms in total. The second-order valence-electron chi connectivity index (χ2n) is 8.25. The van der Waals surface area contributed by atoms with Crippen molar-refractivity contribution in [2.24, 2.45) is 11.7 Å². The molecule has 1 fully saturated rings. The number of rotatable bonds is 3. The Bertz CT molecular complexity index is 727. The molecule has 0 unspecified atom stereocenters. The van der Waals surface area contributed by atoms with Crippen LogP contribution < -0.4 is 16.4 Å². The van der Waals surface area contributed by atoms with Crippen molar-refractivity contribution < 1.29 is 19.1 Å². The van der Waals surface area contributed by atoms with E-state index in [-0.39, 0.29) is 30.0 Å². The zero-order valence-electron chi connectivity index (χ0n) is 17.1. The molecule has 0 spiro atoms. The van der Waals surface area contributed by atoms with Crippen LogP contribution in [-0.4, -0.2) is 47.2 Å². The van der Waals surface area contributed by atoms with Crippen molar-refractivity contribution in [3.63, 3.8) is 0 Å². The van der Waals surface area contributed by atoms with Gasteiger partial charge >= 0.3 is 12.1 Å². The number of nitrogens with two attached hydrogens (primary N) is 1. The number of hydrogen-bond donors (Lipinski definition) is 3. The Kier molecular flexibility index (Phi) is 6.53. The van der Waals surface area contributed by atoms with E-state index in [0.717, 1.165) is 6.42 Å². The number of nitrogens with zero attached hydrogens (tertiary/aromatic N) is 1. The largest absolute Gasteiger partial charge is 0.444 e. The number of benzene rings is 1. The summed E-state index contributed by atoms with van der Waals surface area (Å²) in [5, 5.41) is 5.49. The van der Waals surface area contributed by atoms with E-state index in [4.69, 9.17) is 10.5 Å². The third-order valence-electron chi connectivity index (χ3n) is 4.79. The molecule has 3 atom stereocenters. The van der Waals surface area contributed by atoms with Crippen molar-refractivity contribution in [2.45, 2.75) is 58.7 Å². The second-order valence-corrected chi connectivity index (χ2v) is 8.25. The maximum absolute atomic E-state index is 12.7. The number of hydrogen-bond acceptors (Lipinski definition) is 4. The van der Waals surface area contributed by atoms with Crippen LogP contribution in [0.3, 0.4) is 0 Å². The Hall–Kier alpha value is -2.77. The topological polar surface area (TPSA) is 114 Å². The highest BCUT2D eigenvalue weighted by Crippen LogP contribution is 2.25. The number of nitrogens with one attached hydrogen (secondary N) is 2. The molecule has 8 heteroatoms. The number of likely N-dealkylation sites (tertiary alicyclic amines) is 1. The molecule has 0 saturated carbocycles. The molecule has 1 aliphatic rings. The minimum Gasteiger partial charge on any atom is -0.444 e. The van der Waals surface area contributed by atoms with Gasteiger partial charge in [0.1, 0.15) is 5.60 Å². The van der Waals surface area contributed by atoms with E-state index in [1.807, 2.05) is 27.7 Å². The van der Waals surface area contributed by atoms with Crippen molar-refractivity contribution in [1.29, 1.82) is 0 Å². The normalized spacial score (nSPS) is 22.3. The number of carbonyl (C=O) groups excluding carboxylic acids is 3. The third-order valence-corrected chi connectivity index (χ3v) is 4.79. The molecule has 0 aromatic heterocycles. The van der Waals surface area contributed by atoms with Crippen molar-refractivity contribution in [3.8, 4) is 0 Å². The number of primary amides is 1. The zero-order chi connectivity index (χ0) is 21.1. The first-order chi connectivity index (χ1) is 13.0. The van der Waals surface area contributed by atoms with Gasteiger partial charge in [-0.1, -0.05) is 6.92 Å². The molecular formula is C20H30N4O4. The van der Waals surface area contributed by atoms with Crippen LogP contribution in [0, 0.1) is 5.92 Å². The standard InChI is InChI=1S/C20H30N4O4/c1-12-10-11-24(19(27)28-20(3,4)5)13(2)16(12)23-17(25)14-6-8-15(9-7-14)22-18(21)26/h6-9,12-13,16H,10-11H2,1-5H3,(H,23,25)(H3,21,22,26)/t12-,13-,16-/m1/s1. The van der Waals surface area contributed by atoms with Gasteiger partial charge in [-0.25, -0.2) is 9.59 Å². The SMILES string of the molecule is C[C@@H]1CCN(C(=O)OC(C)(C)C)[C@H](C)[C@@H]1NC(=O)c1ccc(NC(N)=O)cc1. The van der Waals surface area contributed by atoms with Crippen LogP contribution in [0.1, 0.15) is 51.4 Å². The summed E-state index contributed by atoms with van der Waals surface area (Å²) in [6.07, 6.45) is 0.406. The summed E-state index contributed by atoms with van der Waals surface area (Å²) in [4.78, 5) is 37.7. The molecule has 28 heavy (non-hydrogen) atoms. The zero-order valence-corrected chi connectivity index (χ0v) is 17.1. The number of piperidine rings is 1. The molecule has 0 radical (unpaired) electrons. The monoisotopic (exact) mass is 390 g/mol. The van der Waals surface area contributed by atoms with E-state index in [2.05, 4.69) is 17.6 Å². The van der Waals surface area contributed by atoms with Crippen LogP contribution in [0.25, 0.3) is 0 Å². The van der Waals surface area contributed by atoms with Gasteiger partial charge in [0.05, 0.1) is 12.1 Å². The minimum atomic E-state index is -0.663. The smallest absolute Gasteiger partial charge is 0.410 e. The van der Waals surface area contributed by atoms with E-state index in [1.54, 1.807) is 29.2 Å². The van der Waals surface area contributed by atoms with Gasteiger partial charge in [-0.2, -0.15) is 0 Å². The van der Waals surface area contributed by atoms with Crippen LogP contribution >= 0.6 is 0 Å². The summed E-state index contributed by atoms with van der Waals surface area (Å²) in [5.41, 5.74) is 5.49. The van der Waals surface area contributed by atoms with E-state index >= 15 is 0 Å². The predicted molar refractivity (Wildman–Crippen MR) is 107 cm³/mol. The van der Waals surface area contributed by atoms with Gasteiger partial charge in [-0.05, 0) is 64.3 Å². The quantitative estimate of drug-likeness (QED) is 0.736. The summed E-state index contributed by atoms with van der Waals surface area (Å²) >= 11 is 0. The second kappa shape index (κ2) is 8.50. The van der Waals surface area contributed by atoms with E-state index < -0.39 is 11.6 Å². The van der Waals surface area contributed by atoms with Gasteiger partial charge in [0.15, 0.2) is 0 Å². The molecule has 1 aromatic carbocycles. The Morgan fingerprint density at radius 3 is 2.29 bits per heavy atom. The molecule has 1 aliphatic heterocycles. The van der Waals surface area contributed by atoms with E-state index in [1.165, 1.54) is 0 Å². The van der Waals surface area contributed by atoms with E-state index in [0.29, 0.717) is 17.8 Å². The van der Waals surface area contributed by atoms with Gasteiger partial charge in [0.2, 0.25) is 0 Å². The first-order valence-electron chi connectivity index (χ1n) is 9.45. The molecule has 0 aliphatic carbocycles. The fourth-order valence-corrected chi connectivity index (χ4v) is 3.32. The summed E-state index contributed by atoms with van der Waals surface area (Å²) in [6, 6.07) is 5.40. The van der Waals surface area contributed by atoms with Crippen molar-refractivity contribution in [1.82, 2.24) is 10.2 Å². The number of anilines is 1. The molecule has 1 aromatic rings. The van der Waals surface area contributed by atoms with Gasteiger partial charge in [-0.15, -0.1) is 0 Å². The van der Waals surface area contributed by atoms with Gasteiger partial charge in [-0.3, -0.25) is 4.79 Å². The van der Waals surface area contributed by atoms with Crippen molar-refractivity contribution >= 4 is 23.7 Å². The number of carbonyl (C=O) groups is 3. The summed E-state index contributed by atoms with van der Waals surface area (Å²) in [6.45, 7) is 10.1. The molecular weight excluding hydrogens is 360 g/mol. The van der Waals surface area contributed by atoms with Gasteiger partial charge in [0.25, 0.3) is 5.91 Å². The Morgan fingerprint density at radius 1 is 1.14 bits per heavy atom. The Morgan fingerprint density at radius 2 is 1.75 bits per heavy atom. The first-order valence-corrected chi connectivity index (χ1v) is 9.45. The summed E-state index contributed by atoms with van der Waals surface area (Å²) in [5.74, 6) is -0.0196. The average molecular weight is 390 g/mol. The Balaban J connectivity index is 2.07. The first kappa shape index (κ1) is 21.5. The summed E-state index contributed by atoms with van der Waals surface area (Å²) < 4.78 is 5.50. The molecule has 4 N–H and O–H groups in total. The number of amides is 4. The van der Waals surface area contributed by atoms with Crippen molar-refractivity contribution in [2.75, 3.05) is 11.9 Å². The molecule has 4 amide bonds. The maximum Gasteiger partial charge on any atom is 0.410 e. The predicted octanol–water partition coefficient (Wildman–Crippen LogP) is 2.94. The molecule has 1 heterocycles. The van der Waals surface area contributed by atoms with Crippen LogP contribution in [0.4, 0.5) is 15.3 Å².